The minimum Gasteiger partial charge on any atom is -0.491 e. The highest BCUT2D eigenvalue weighted by Crippen LogP contribution is 2.29. The minimum atomic E-state index is -0.393. The number of anilines is 6. The van der Waals surface area contributed by atoms with Crippen LogP contribution >= 0.6 is 0 Å². The molecule has 0 radical (unpaired) electrons. The van der Waals surface area contributed by atoms with Gasteiger partial charge in [0.05, 0.1) is 13.3 Å². The van der Waals surface area contributed by atoms with Crippen molar-refractivity contribution in [3.63, 3.8) is 0 Å². The van der Waals surface area contributed by atoms with E-state index in [1.54, 1.807) is 25.4 Å². The molecule has 0 saturated carbocycles. The van der Waals surface area contributed by atoms with E-state index in [0.717, 1.165) is 30.9 Å². The molecule has 4 N–H and O–H groups in total. The van der Waals surface area contributed by atoms with Crippen molar-refractivity contribution in [1.29, 1.82) is 0 Å². The first-order valence-corrected chi connectivity index (χ1v) is 11.7. The summed E-state index contributed by atoms with van der Waals surface area (Å²) < 4.78 is 18.6. The van der Waals surface area contributed by atoms with Crippen molar-refractivity contribution in [2.75, 3.05) is 54.3 Å². The summed E-state index contributed by atoms with van der Waals surface area (Å²) in [5.74, 6) is 1.00. The van der Waals surface area contributed by atoms with E-state index < -0.39 is 6.67 Å². The zero-order chi connectivity index (χ0) is 25.3. The van der Waals surface area contributed by atoms with E-state index in [-0.39, 0.29) is 5.91 Å². The predicted octanol–water partition coefficient (Wildman–Crippen LogP) is 4.23. The van der Waals surface area contributed by atoms with Crippen LogP contribution in [-0.4, -0.2) is 55.3 Å². The van der Waals surface area contributed by atoms with Gasteiger partial charge >= 0.3 is 0 Å². The highest BCUT2D eigenvalue weighted by atomic mass is 19.1. The maximum atomic E-state index is 13.2. The van der Waals surface area contributed by atoms with Gasteiger partial charge in [0.25, 0.3) is 0 Å². The Kier molecular flexibility index (Phi) is 8.30. The van der Waals surface area contributed by atoms with E-state index in [4.69, 9.17) is 4.74 Å². The first-order valence-electron chi connectivity index (χ1n) is 11.7. The van der Waals surface area contributed by atoms with Crippen LogP contribution in [0.5, 0.6) is 5.75 Å². The van der Waals surface area contributed by atoms with Crippen molar-refractivity contribution >= 4 is 40.4 Å². The van der Waals surface area contributed by atoms with Gasteiger partial charge in [-0.3, -0.25) is 4.79 Å². The molecular weight excluding hydrogens is 461 g/mol. The van der Waals surface area contributed by atoms with Crippen molar-refractivity contribution in [3.8, 4) is 5.75 Å². The number of nitrogens with one attached hydrogen (secondary N) is 4. The predicted molar refractivity (Wildman–Crippen MR) is 141 cm³/mol. The van der Waals surface area contributed by atoms with Crippen molar-refractivity contribution < 1.29 is 13.9 Å². The fraction of sp³-hybridized carbons (Fsp3) is 0.269. The van der Waals surface area contributed by atoms with Gasteiger partial charge in [-0.1, -0.05) is 12.6 Å². The lowest BCUT2D eigenvalue weighted by atomic mass is 10.1. The number of carbonyl (C=O) groups excluding carboxylic acids is 1. The summed E-state index contributed by atoms with van der Waals surface area (Å²) in [5, 5.41) is 12.5. The normalized spacial score (nSPS) is 14.7. The number of carbonyl (C=O) groups is 1. The Morgan fingerprint density at radius 1 is 1.22 bits per heavy atom. The third-order valence-electron chi connectivity index (χ3n) is 5.81. The summed E-state index contributed by atoms with van der Waals surface area (Å²) in [4.78, 5) is 22.6. The van der Waals surface area contributed by atoms with E-state index in [1.165, 1.54) is 6.08 Å². The molecule has 1 amide bonds. The molecule has 1 unspecified atom stereocenters. The molecule has 10 heteroatoms. The van der Waals surface area contributed by atoms with Crippen molar-refractivity contribution in [1.82, 2.24) is 15.3 Å². The average molecular weight is 492 g/mol. The summed E-state index contributed by atoms with van der Waals surface area (Å²) >= 11 is 0. The molecule has 9 nitrogen and oxygen atoms in total. The van der Waals surface area contributed by atoms with Crippen LogP contribution in [0.3, 0.4) is 0 Å². The van der Waals surface area contributed by atoms with Gasteiger partial charge < -0.3 is 30.9 Å². The van der Waals surface area contributed by atoms with Gasteiger partial charge in [0.2, 0.25) is 11.9 Å². The number of benzene rings is 2. The van der Waals surface area contributed by atoms with Crippen LogP contribution in [0.2, 0.25) is 0 Å². The van der Waals surface area contributed by atoms with Crippen LogP contribution in [0.15, 0.2) is 67.4 Å². The fourth-order valence-corrected chi connectivity index (χ4v) is 4.06. The third-order valence-corrected chi connectivity index (χ3v) is 5.81. The van der Waals surface area contributed by atoms with E-state index >= 15 is 0 Å². The van der Waals surface area contributed by atoms with Crippen molar-refractivity contribution in [2.24, 2.45) is 0 Å². The Bertz CT molecular complexity index is 1180. The molecule has 2 aromatic carbocycles. The molecule has 1 fully saturated rings. The van der Waals surface area contributed by atoms with Gasteiger partial charge in [0.1, 0.15) is 6.67 Å². The Balaban J connectivity index is 1.48. The number of alkyl halides is 1. The fourth-order valence-electron chi connectivity index (χ4n) is 4.06. The molecule has 0 bridgehead atoms. The number of methoxy groups -OCH3 is 1. The van der Waals surface area contributed by atoms with E-state index in [1.807, 2.05) is 36.4 Å². The van der Waals surface area contributed by atoms with Crippen LogP contribution in [0.1, 0.15) is 6.42 Å². The standard InChI is InChI=1S/C26H30FN7O2/c1-3-24(35)30-19-5-4-6-20(15-19)31-25-23(36-2)17-29-26(33-25)32-18-7-9-21(10-8-18)34(14-12-27)22-11-13-28-16-22/h3-10,15,17,22,28H,1,11-14,16H2,2H3,(H,30,35)(H2,29,31,32,33). The quantitative estimate of drug-likeness (QED) is 0.296. The maximum absolute atomic E-state index is 13.2. The van der Waals surface area contributed by atoms with Gasteiger partial charge in [-0.15, -0.1) is 0 Å². The first-order chi connectivity index (χ1) is 17.6. The number of rotatable bonds is 11. The van der Waals surface area contributed by atoms with Crippen LogP contribution in [0, 0.1) is 0 Å². The number of halogens is 1. The number of amides is 1. The largest absolute Gasteiger partial charge is 0.491 e. The van der Waals surface area contributed by atoms with Gasteiger partial charge in [0.15, 0.2) is 11.6 Å². The molecule has 1 aromatic heterocycles. The zero-order valence-electron chi connectivity index (χ0n) is 20.1. The Morgan fingerprint density at radius 2 is 2.03 bits per heavy atom. The average Bonchev–Trinajstić information content (AvgIpc) is 3.43. The van der Waals surface area contributed by atoms with Gasteiger partial charge in [-0.2, -0.15) is 4.98 Å². The zero-order valence-corrected chi connectivity index (χ0v) is 20.1. The third kappa shape index (κ3) is 6.28. The van der Waals surface area contributed by atoms with Crippen LogP contribution < -0.4 is 30.9 Å². The second kappa shape index (κ2) is 12.0. The van der Waals surface area contributed by atoms with Crippen molar-refractivity contribution in [2.45, 2.75) is 12.5 Å². The second-order valence-corrected chi connectivity index (χ2v) is 8.21. The van der Waals surface area contributed by atoms with Gasteiger partial charge in [-0.05, 0) is 61.5 Å². The number of aromatic nitrogens is 2. The summed E-state index contributed by atoms with van der Waals surface area (Å²) in [7, 11) is 1.54. The molecule has 1 saturated heterocycles. The molecule has 0 spiro atoms. The van der Waals surface area contributed by atoms with Gasteiger partial charge in [0, 0.05) is 41.9 Å². The Hall–Kier alpha value is -4.18. The van der Waals surface area contributed by atoms with Crippen LogP contribution in [0.25, 0.3) is 0 Å². The lowest BCUT2D eigenvalue weighted by molar-refractivity contribution is -0.111. The monoisotopic (exact) mass is 491 g/mol. The number of ether oxygens (including phenoxy) is 1. The Morgan fingerprint density at radius 3 is 2.72 bits per heavy atom. The lowest BCUT2D eigenvalue weighted by Crippen LogP contribution is -2.38. The summed E-state index contributed by atoms with van der Waals surface area (Å²) in [6.45, 7) is 5.25. The second-order valence-electron chi connectivity index (χ2n) is 8.21. The minimum absolute atomic E-state index is 0.293. The molecule has 1 aliphatic heterocycles. The van der Waals surface area contributed by atoms with E-state index in [9.17, 15) is 9.18 Å². The van der Waals surface area contributed by atoms with E-state index in [2.05, 4.69) is 42.7 Å². The molecule has 1 atom stereocenters. The Labute approximate surface area is 209 Å². The SMILES string of the molecule is C=CC(=O)Nc1cccc(Nc2nc(Nc3ccc(N(CCF)C4CCNC4)cc3)ncc2OC)c1. The summed E-state index contributed by atoms with van der Waals surface area (Å²) in [6.07, 6.45) is 3.78. The highest BCUT2D eigenvalue weighted by Gasteiger charge is 2.22. The van der Waals surface area contributed by atoms with Gasteiger partial charge in [-0.25, -0.2) is 9.37 Å². The highest BCUT2D eigenvalue weighted by molar-refractivity contribution is 5.99. The molecule has 2 heterocycles. The maximum Gasteiger partial charge on any atom is 0.247 e. The molecule has 36 heavy (non-hydrogen) atoms. The summed E-state index contributed by atoms with van der Waals surface area (Å²) in [5.41, 5.74) is 3.10. The molecule has 3 aromatic rings. The smallest absolute Gasteiger partial charge is 0.247 e. The topological polar surface area (TPSA) is 103 Å². The number of hydrogen-bond donors (Lipinski definition) is 4. The first kappa shape index (κ1) is 24.9. The van der Waals surface area contributed by atoms with Crippen LogP contribution in [0.4, 0.5) is 38.9 Å². The van der Waals surface area contributed by atoms with E-state index in [0.29, 0.717) is 41.5 Å². The summed E-state index contributed by atoms with van der Waals surface area (Å²) in [6, 6.07) is 15.3. The molecule has 0 aliphatic carbocycles. The molecule has 1 aliphatic rings. The lowest BCUT2D eigenvalue weighted by Gasteiger charge is -2.30. The molecular formula is C26H30FN7O2. The van der Waals surface area contributed by atoms with Crippen molar-refractivity contribution in [3.05, 3.63) is 67.4 Å². The molecule has 188 valence electrons. The molecule has 4 rings (SSSR count). The number of hydrogen-bond acceptors (Lipinski definition) is 8. The van der Waals surface area contributed by atoms with Crippen LogP contribution in [-0.2, 0) is 4.79 Å². The number of nitrogens with zero attached hydrogens (tertiary/aromatic N) is 3.